The van der Waals surface area contributed by atoms with Crippen LogP contribution in [0.3, 0.4) is 0 Å². The summed E-state index contributed by atoms with van der Waals surface area (Å²) in [6.45, 7) is 11.3. The standard InChI is InChI=1S/C21H31N3/c1-17(24-15-21(16-24)23-13-11-22-12-14-23)18-7-9-20(10-8-18)19-5-3-2-4-6-19/h7-10,19,21-22H,1-6,11-16H2. The summed E-state index contributed by atoms with van der Waals surface area (Å²) in [4.78, 5) is 5.08. The van der Waals surface area contributed by atoms with E-state index in [1.165, 1.54) is 62.0 Å². The lowest BCUT2D eigenvalue weighted by molar-refractivity contribution is 0.0643. The largest absolute Gasteiger partial charge is 0.368 e. The molecule has 0 spiro atoms. The first-order chi connectivity index (χ1) is 11.8. The second-order valence-corrected chi connectivity index (χ2v) is 7.75. The first kappa shape index (κ1) is 16.2. The molecule has 1 aromatic rings. The monoisotopic (exact) mass is 325 g/mol. The Morgan fingerprint density at radius 1 is 0.958 bits per heavy atom. The van der Waals surface area contributed by atoms with Gasteiger partial charge in [0.05, 0.1) is 0 Å². The second kappa shape index (κ2) is 7.28. The number of nitrogens with zero attached hydrogens (tertiary/aromatic N) is 2. The summed E-state index contributed by atoms with van der Waals surface area (Å²) in [6, 6.07) is 10.0. The number of piperazine rings is 1. The molecule has 2 heterocycles. The van der Waals surface area contributed by atoms with Gasteiger partial charge in [0.25, 0.3) is 0 Å². The van der Waals surface area contributed by atoms with Crippen LogP contribution in [0.5, 0.6) is 0 Å². The van der Waals surface area contributed by atoms with Crippen molar-refractivity contribution in [3.63, 3.8) is 0 Å². The first-order valence-corrected chi connectivity index (χ1v) is 9.80. The summed E-state index contributed by atoms with van der Waals surface area (Å²) < 4.78 is 0. The molecule has 0 amide bonds. The molecule has 0 bridgehead atoms. The zero-order valence-electron chi connectivity index (χ0n) is 14.8. The third-order valence-corrected chi connectivity index (χ3v) is 6.23. The number of rotatable bonds is 4. The molecule has 0 radical (unpaired) electrons. The van der Waals surface area contributed by atoms with Gasteiger partial charge in [-0.25, -0.2) is 0 Å². The van der Waals surface area contributed by atoms with Crippen molar-refractivity contribution in [2.24, 2.45) is 0 Å². The summed E-state index contributed by atoms with van der Waals surface area (Å²) in [5.74, 6) is 0.794. The van der Waals surface area contributed by atoms with Crippen LogP contribution >= 0.6 is 0 Å². The highest BCUT2D eigenvalue weighted by atomic mass is 15.3. The van der Waals surface area contributed by atoms with E-state index in [1.807, 2.05) is 0 Å². The molecule has 2 saturated heterocycles. The van der Waals surface area contributed by atoms with Crippen LogP contribution in [0.4, 0.5) is 0 Å². The van der Waals surface area contributed by atoms with Gasteiger partial charge in [0.15, 0.2) is 0 Å². The number of benzene rings is 1. The van der Waals surface area contributed by atoms with Crippen LogP contribution in [0.15, 0.2) is 30.8 Å². The van der Waals surface area contributed by atoms with Gasteiger partial charge in [-0.2, -0.15) is 0 Å². The Hall–Kier alpha value is -1.32. The van der Waals surface area contributed by atoms with Crippen LogP contribution in [0.25, 0.3) is 5.70 Å². The highest BCUT2D eigenvalue weighted by Crippen LogP contribution is 2.33. The molecule has 0 aromatic heterocycles. The van der Waals surface area contributed by atoms with Crippen LogP contribution in [0.2, 0.25) is 0 Å². The van der Waals surface area contributed by atoms with Crippen molar-refractivity contribution >= 4 is 5.70 Å². The molecule has 1 aliphatic carbocycles. The summed E-state index contributed by atoms with van der Waals surface area (Å²) in [5.41, 5.74) is 4.04. The Morgan fingerprint density at radius 2 is 1.62 bits per heavy atom. The molecule has 2 aliphatic heterocycles. The van der Waals surface area contributed by atoms with Gasteiger partial charge in [-0.05, 0) is 29.9 Å². The third-order valence-electron chi connectivity index (χ3n) is 6.23. The van der Waals surface area contributed by atoms with E-state index in [1.54, 1.807) is 0 Å². The summed E-state index contributed by atoms with van der Waals surface area (Å²) in [6.07, 6.45) is 6.98. The Labute approximate surface area is 146 Å². The van der Waals surface area contributed by atoms with Crippen LogP contribution in [0, 0.1) is 0 Å². The summed E-state index contributed by atoms with van der Waals surface area (Å²) in [5, 5.41) is 3.44. The molecule has 1 aromatic carbocycles. The Morgan fingerprint density at radius 3 is 2.29 bits per heavy atom. The van der Waals surface area contributed by atoms with E-state index >= 15 is 0 Å². The molecule has 3 fully saturated rings. The zero-order chi connectivity index (χ0) is 16.4. The molecule has 0 unspecified atom stereocenters. The Bertz CT molecular complexity index is 547. The van der Waals surface area contributed by atoms with Crippen molar-refractivity contribution in [2.75, 3.05) is 39.3 Å². The lowest BCUT2D eigenvalue weighted by Gasteiger charge is -2.48. The zero-order valence-corrected chi connectivity index (χ0v) is 14.8. The number of likely N-dealkylation sites (tertiary alicyclic amines) is 1. The molecule has 1 saturated carbocycles. The van der Waals surface area contributed by atoms with Crippen molar-refractivity contribution in [3.8, 4) is 0 Å². The highest BCUT2D eigenvalue weighted by Gasteiger charge is 2.33. The van der Waals surface area contributed by atoms with Crippen molar-refractivity contribution in [3.05, 3.63) is 42.0 Å². The maximum absolute atomic E-state index is 4.36. The third kappa shape index (κ3) is 3.38. The average molecular weight is 326 g/mol. The average Bonchev–Trinajstić information content (AvgIpc) is 2.62. The summed E-state index contributed by atoms with van der Waals surface area (Å²) >= 11 is 0. The molecular formula is C21H31N3. The SMILES string of the molecule is C=C(c1ccc(C2CCCCC2)cc1)N1CC(N2CCNCC2)C1. The number of hydrogen-bond acceptors (Lipinski definition) is 3. The minimum Gasteiger partial charge on any atom is -0.368 e. The number of nitrogens with one attached hydrogen (secondary N) is 1. The fraction of sp³-hybridized carbons (Fsp3) is 0.619. The lowest BCUT2D eigenvalue weighted by atomic mass is 9.84. The maximum Gasteiger partial charge on any atom is 0.0447 e. The van der Waals surface area contributed by atoms with E-state index in [-0.39, 0.29) is 0 Å². The first-order valence-electron chi connectivity index (χ1n) is 9.80. The predicted molar refractivity (Wildman–Crippen MR) is 101 cm³/mol. The summed E-state index contributed by atoms with van der Waals surface area (Å²) in [7, 11) is 0. The molecule has 3 nitrogen and oxygen atoms in total. The van der Waals surface area contributed by atoms with Crippen molar-refractivity contribution < 1.29 is 0 Å². The molecular weight excluding hydrogens is 294 g/mol. The molecule has 24 heavy (non-hydrogen) atoms. The Kier molecular flexibility index (Phi) is 4.91. The lowest BCUT2D eigenvalue weighted by Crippen LogP contribution is -2.61. The highest BCUT2D eigenvalue weighted by molar-refractivity contribution is 5.63. The van der Waals surface area contributed by atoms with Crippen LogP contribution < -0.4 is 5.32 Å². The van der Waals surface area contributed by atoms with E-state index < -0.39 is 0 Å². The fourth-order valence-electron chi connectivity index (χ4n) is 4.52. The molecule has 0 atom stereocenters. The minimum absolute atomic E-state index is 0.727. The van der Waals surface area contributed by atoms with Gasteiger partial charge >= 0.3 is 0 Å². The molecule has 4 rings (SSSR count). The fourth-order valence-corrected chi connectivity index (χ4v) is 4.52. The smallest absolute Gasteiger partial charge is 0.0447 e. The van der Waals surface area contributed by atoms with Crippen molar-refractivity contribution in [1.29, 1.82) is 0 Å². The van der Waals surface area contributed by atoms with Crippen LogP contribution in [-0.2, 0) is 0 Å². The Balaban J connectivity index is 1.32. The van der Waals surface area contributed by atoms with E-state index in [2.05, 4.69) is 46.0 Å². The van der Waals surface area contributed by atoms with Gasteiger partial charge < -0.3 is 10.2 Å². The molecule has 1 N–H and O–H groups in total. The van der Waals surface area contributed by atoms with Crippen molar-refractivity contribution in [1.82, 2.24) is 15.1 Å². The second-order valence-electron chi connectivity index (χ2n) is 7.75. The van der Waals surface area contributed by atoms with Crippen LogP contribution in [0.1, 0.15) is 49.1 Å². The minimum atomic E-state index is 0.727. The van der Waals surface area contributed by atoms with Crippen molar-refractivity contribution in [2.45, 2.75) is 44.1 Å². The predicted octanol–water partition coefficient (Wildman–Crippen LogP) is 3.29. The normalized spacial score (nSPS) is 23.9. The van der Waals surface area contributed by atoms with E-state index in [0.717, 1.165) is 38.1 Å². The molecule has 130 valence electrons. The molecule has 3 heteroatoms. The van der Waals surface area contributed by atoms with Gasteiger partial charge in [-0.3, -0.25) is 4.90 Å². The van der Waals surface area contributed by atoms with E-state index in [0.29, 0.717) is 0 Å². The van der Waals surface area contributed by atoms with Gasteiger partial charge in [0.1, 0.15) is 0 Å². The van der Waals surface area contributed by atoms with Gasteiger partial charge in [0, 0.05) is 51.0 Å². The molecule has 3 aliphatic rings. The number of hydrogen-bond donors (Lipinski definition) is 1. The van der Waals surface area contributed by atoms with Gasteiger partial charge in [-0.15, -0.1) is 0 Å². The topological polar surface area (TPSA) is 18.5 Å². The van der Waals surface area contributed by atoms with Gasteiger partial charge in [-0.1, -0.05) is 50.1 Å². The van der Waals surface area contributed by atoms with E-state index in [4.69, 9.17) is 0 Å². The van der Waals surface area contributed by atoms with E-state index in [9.17, 15) is 0 Å². The van der Waals surface area contributed by atoms with Gasteiger partial charge in [0.2, 0.25) is 0 Å². The quantitative estimate of drug-likeness (QED) is 0.916. The van der Waals surface area contributed by atoms with Crippen LogP contribution in [-0.4, -0.2) is 55.1 Å². The maximum atomic E-state index is 4.36.